The number of carboxylic acid groups (broad SMARTS) is 1. The maximum Gasteiger partial charge on any atom is 0.326 e. The predicted molar refractivity (Wildman–Crippen MR) is 229 cm³/mol. The molecular weight excluding hydrogens is 709 g/mol. The second kappa shape index (κ2) is 17.1. The highest BCUT2D eigenvalue weighted by Crippen LogP contribution is 2.75. The fourth-order valence-electron chi connectivity index (χ4n) is 13.8. The molecule has 57 heavy (non-hydrogen) atoms. The summed E-state index contributed by atoms with van der Waals surface area (Å²) in [6.45, 7) is 18.1. The summed E-state index contributed by atoms with van der Waals surface area (Å²) in [5.41, 5.74) is 2.95. The van der Waals surface area contributed by atoms with Gasteiger partial charge in [-0.15, -0.1) is 0 Å². The highest BCUT2D eigenvalue weighted by molar-refractivity contribution is 5.84. The SMILES string of the molecule is CC1(C)CC[C@]2(C(=O)NCCCCCCCCCCC(=O)N[C@H](Cc3ccccc3)C(=O)O)CC[C@]3(C)C(=CCC4[C@@]5(C)CC[C@H](O)C(C)(C)C5CC[C@]43C)C2C1. The predicted octanol–water partition coefficient (Wildman–Crippen LogP) is 10.6. The minimum atomic E-state index is -1.00. The van der Waals surface area contributed by atoms with Gasteiger partial charge in [-0.1, -0.05) is 129 Å². The zero-order chi connectivity index (χ0) is 41.3. The number of aliphatic hydroxyl groups excluding tert-OH is 1. The van der Waals surface area contributed by atoms with E-state index in [1.165, 1.54) is 12.8 Å². The molecule has 1 aromatic rings. The summed E-state index contributed by atoms with van der Waals surface area (Å²) >= 11 is 0. The van der Waals surface area contributed by atoms with Gasteiger partial charge in [0.2, 0.25) is 11.8 Å². The maximum absolute atomic E-state index is 14.5. The Hall–Kier alpha value is -2.67. The van der Waals surface area contributed by atoms with Gasteiger partial charge in [0.25, 0.3) is 0 Å². The van der Waals surface area contributed by atoms with Crippen molar-refractivity contribution < 1.29 is 24.6 Å². The number of hydrogen-bond donors (Lipinski definition) is 4. The highest BCUT2D eigenvalue weighted by atomic mass is 16.4. The molecule has 0 saturated heterocycles. The van der Waals surface area contributed by atoms with Crippen molar-refractivity contribution in [1.29, 1.82) is 0 Å². The maximum atomic E-state index is 14.5. The number of aliphatic carboxylic acids is 1. The smallest absolute Gasteiger partial charge is 0.326 e. The Morgan fingerprint density at radius 3 is 2.11 bits per heavy atom. The third-order valence-electron chi connectivity index (χ3n) is 17.6. The lowest BCUT2D eigenvalue weighted by Crippen LogP contribution is -2.65. The van der Waals surface area contributed by atoms with Gasteiger partial charge in [-0.05, 0) is 127 Å². The van der Waals surface area contributed by atoms with Crippen LogP contribution in [0.4, 0.5) is 0 Å². The number of hydrogen-bond acceptors (Lipinski definition) is 4. The zero-order valence-electron chi connectivity index (χ0n) is 36.8. The normalized spacial score (nSPS) is 35.6. The van der Waals surface area contributed by atoms with Gasteiger partial charge in [0, 0.05) is 19.4 Å². The molecule has 5 aliphatic carbocycles. The Labute approximate surface area is 345 Å². The van der Waals surface area contributed by atoms with Gasteiger partial charge in [-0.2, -0.15) is 0 Å². The number of carbonyl (C=O) groups is 3. The van der Waals surface area contributed by atoms with Crippen molar-refractivity contribution in [3.63, 3.8) is 0 Å². The Balaban J connectivity index is 0.956. The molecule has 9 atom stereocenters. The lowest BCUT2D eigenvalue weighted by atomic mass is 9.33. The highest BCUT2D eigenvalue weighted by Gasteiger charge is 2.69. The molecule has 4 saturated carbocycles. The van der Waals surface area contributed by atoms with Crippen LogP contribution in [0.25, 0.3) is 0 Å². The summed E-state index contributed by atoms with van der Waals surface area (Å²) in [5.74, 6) is 0.592. The van der Waals surface area contributed by atoms with Gasteiger partial charge in [0.15, 0.2) is 0 Å². The van der Waals surface area contributed by atoms with Crippen LogP contribution in [-0.4, -0.2) is 46.7 Å². The summed E-state index contributed by atoms with van der Waals surface area (Å²) in [4.78, 5) is 38.6. The molecule has 2 amide bonds. The van der Waals surface area contributed by atoms with Gasteiger partial charge < -0.3 is 20.8 Å². The number of benzene rings is 1. The topological polar surface area (TPSA) is 116 Å². The lowest BCUT2D eigenvalue weighted by molar-refractivity contribution is -0.203. The van der Waals surface area contributed by atoms with Crippen LogP contribution in [0.3, 0.4) is 0 Å². The summed E-state index contributed by atoms with van der Waals surface area (Å²) in [6, 6.07) is 8.51. The molecule has 0 heterocycles. The summed E-state index contributed by atoms with van der Waals surface area (Å²) in [6.07, 6.45) is 22.4. The second-order valence-electron chi connectivity index (χ2n) is 21.7. The first kappa shape index (κ1) is 43.9. The third-order valence-corrected chi connectivity index (χ3v) is 17.6. The number of unbranched alkanes of at least 4 members (excludes halogenated alkanes) is 7. The Morgan fingerprint density at radius 1 is 0.772 bits per heavy atom. The number of fused-ring (bicyclic) bond motifs is 7. The first-order valence-corrected chi connectivity index (χ1v) is 23.1. The Morgan fingerprint density at radius 2 is 1.42 bits per heavy atom. The lowest BCUT2D eigenvalue weighted by Gasteiger charge is -2.71. The van der Waals surface area contributed by atoms with Crippen molar-refractivity contribution >= 4 is 17.8 Å². The van der Waals surface area contributed by atoms with E-state index in [0.29, 0.717) is 30.1 Å². The van der Waals surface area contributed by atoms with Crippen LogP contribution in [-0.2, 0) is 20.8 Å². The minimum absolute atomic E-state index is 0.0476. The summed E-state index contributed by atoms with van der Waals surface area (Å²) < 4.78 is 0. The van der Waals surface area contributed by atoms with Crippen LogP contribution < -0.4 is 10.6 Å². The van der Waals surface area contributed by atoms with Crippen LogP contribution in [0.2, 0.25) is 0 Å². The van der Waals surface area contributed by atoms with Crippen molar-refractivity contribution in [2.45, 2.75) is 189 Å². The van der Waals surface area contributed by atoms with Crippen LogP contribution in [0.5, 0.6) is 0 Å². The van der Waals surface area contributed by atoms with E-state index < -0.39 is 12.0 Å². The molecule has 6 rings (SSSR count). The van der Waals surface area contributed by atoms with Crippen molar-refractivity contribution in [1.82, 2.24) is 10.6 Å². The molecule has 0 radical (unpaired) electrons. The average Bonchev–Trinajstić information content (AvgIpc) is 3.15. The van der Waals surface area contributed by atoms with Gasteiger partial charge in [-0.25, -0.2) is 4.79 Å². The van der Waals surface area contributed by atoms with E-state index in [1.807, 2.05) is 30.3 Å². The molecule has 318 valence electrons. The molecule has 0 aliphatic heterocycles. The number of allylic oxidation sites excluding steroid dienone is 2. The van der Waals surface area contributed by atoms with E-state index >= 15 is 0 Å². The zero-order valence-corrected chi connectivity index (χ0v) is 36.8. The van der Waals surface area contributed by atoms with Gasteiger partial charge >= 0.3 is 5.97 Å². The molecule has 4 fully saturated rings. The standard InChI is InChI=1S/C50H78N2O5/c1-45(2)28-30-50(44(57)51-32-18-13-11-9-8-10-12-17-21-42(54)52-38(43(55)56)33-35-19-15-14-16-20-35)31-29-48(6)36(37(50)34-45)22-23-40-47(5)26-25-41(53)46(3,4)39(47)24-27-49(40,48)7/h14-16,19-20,22,37-41,53H,8-13,17-18,21,23-34H2,1-7H3,(H,51,57)(H,52,54)(H,55,56)/t37?,38-,39?,40?,41+,47+,48-,49-,50+/m1/s1. The molecule has 4 N–H and O–H groups in total. The second-order valence-corrected chi connectivity index (χ2v) is 21.7. The number of aliphatic hydroxyl groups is 1. The van der Waals surface area contributed by atoms with E-state index in [0.717, 1.165) is 115 Å². The number of amides is 2. The monoisotopic (exact) mass is 787 g/mol. The molecule has 7 heteroatoms. The fraction of sp³-hybridized carbons (Fsp3) is 0.780. The molecule has 3 unspecified atom stereocenters. The molecule has 0 bridgehead atoms. The van der Waals surface area contributed by atoms with Gasteiger partial charge in [-0.3, -0.25) is 9.59 Å². The molecular formula is C50H78N2O5. The van der Waals surface area contributed by atoms with E-state index in [4.69, 9.17) is 0 Å². The largest absolute Gasteiger partial charge is 0.480 e. The van der Waals surface area contributed by atoms with E-state index in [2.05, 4.69) is 65.2 Å². The van der Waals surface area contributed by atoms with Crippen molar-refractivity contribution in [2.75, 3.05) is 6.54 Å². The minimum Gasteiger partial charge on any atom is -0.480 e. The van der Waals surface area contributed by atoms with Crippen LogP contribution in [0, 0.1) is 50.2 Å². The van der Waals surface area contributed by atoms with Crippen molar-refractivity contribution in [3.8, 4) is 0 Å². The number of carbonyl (C=O) groups excluding carboxylic acids is 2. The third kappa shape index (κ3) is 8.53. The number of carboxylic acids is 1. The first-order valence-electron chi connectivity index (χ1n) is 23.1. The van der Waals surface area contributed by atoms with Gasteiger partial charge in [0.1, 0.15) is 6.04 Å². The number of nitrogens with one attached hydrogen (secondary N) is 2. The fourth-order valence-corrected chi connectivity index (χ4v) is 13.8. The van der Waals surface area contributed by atoms with Crippen LogP contribution in [0.15, 0.2) is 42.0 Å². The molecule has 1 aromatic carbocycles. The van der Waals surface area contributed by atoms with Crippen LogP contribution in [0.1, 0.15) is 176 Å². The molecule has 0 aromatic heterocycles. The molecule has 5 aliphatic rings. The van der Waals surface area contributed by atoms with E-state index in [1.54, 1.807) is 5.57 Å². The average molecular weight is 787 g/mol. The van der Waals surface area contributed by atoms with E-state index in [-0.39, 0.29) is 50.9 Å². The van der Waals surface area contributed by atoms with Crippen molar-refractivity contribution in [3.05, 3.63) is 47.5 Å². The van der Waals surface area contributed by atoms with Crippen LogP contribution >= 0.6 is 0 Å². The Kier molecular flexibility index (Phi) is 13.2. The number of rotatable bonds is 16. The summed E-state index contributed by atoms with van der Waals surface area (Å²) in [5, 5.41) is 26.9. The van der Waals surface area contributed by atoms with Crippen molar-refractivity contribution in [2.24, 2.45) is 50.2 Å². The quantitative estimate of drug-likeness (QED) is 0.0984. The van der Waals surface area contributed by atoms with Gasteiger partial charge in [0.05, 0.1) is 11.5 Å². The molecule has 7 nitrogen and oxygen atoms in total. The first-order chi connectivity index (χ1) is 26.9. The summed E-state index contributed by atoms with van der Waals surface area (Å²) in [7, 11) is 0. The van der Waals surface area contributed by atoms with E-state index in [9.17, 15) is 24.6 Å². The Bertz CT molecular complexity index is 1620. The molecule has 0 spiro atoms.